The van der Waals surface area contributed by atoms with Crippen molar-refractivity contribution in [3.05, 3.63) is 96.2 Å². The largest absolute Gasteiger partial charge is 0.493 e. The number of carbonyl (C=O) groups is 3. The van der Waals surface area contributed by atoms with Crippen molar-refractivity contribution in [3.8, 4) is 11.5 Å². The molecule has 2 bridgehead atoms. The van der Waals surface area contributed by atoms with Gasteiger partial charge in [-0.05, 0) is 97.4 Å². The summed E-state index contributed by atoms with van der Waals surface area (Å²) in [6, 6.07) is 17.8. The van der Waals surface area contributed by atoms with Crippen LogP contribution in [0.2, 0.25) is 10.0 Å². The van der Waals surface area contributed by atoms with E-state index < -0.39 is 11.9 Å². The van der Waals surface area contributed by atoms with Crippen molar-refractivity contribution in [2.75, 3.05) is 18.6 Å². The topological polar surface area (TPSA) is 97.9 Å². The van der Waals surface area contributed by atoms with Crippen LogP contribution in [0.4, 0.5) is 5.69 Å². The molecule has 7 unspecified atom stereocenters. The minimum Gasteiger partial charge on any atom is -0.493 e. The van der Waals surface area contributed by atoms with Gasteiger partial charge in [0.1, 0.15) is 6.61 Å². The number of anilines is 1. The zero-order valence-corrected chi connectivity index (χ0v) is 30.3. The Hall–Kier alpha value is -3.35. The molecule has 2 amide bonds. The number of thiazole rings is 1. The number of nitrogens with zero attached hydrogens (tertiary/aromatic N) is 1. The van der Waals surface area contributed by atoms with Crippen LogP contribution in [0.15, 0.2) is 65.7 Å². The van der Waals surface area contributed by atoms with Gasteiger partial charge in [0.05, 0.1) is 41.8 Å². The second-order valence-corrected chi connectivity index (χ2v) is 16.4. The quantitative estimate of drug-likeness (QED) is 0.109. The van der Waals surface area contributed by atoms with Gasteiger partial charge in [-0.15, -0.1) is 23.1 Å². The summed E-state index contributed by atoms with van der Waals surface area (Å²) in [6.45, 7) is 2.25. The molecule has 4 aromatic rings. The molecule has 0 spiro atoms. The molecule has 8 rings (SSSR count). The molecule has 3 heterocycles. The number of carbonyl (C=O) groups excluding carboxylic acids is 3. The lowest BCUT2D eigenvalue weighted by Crippen LogP contribution is -2.42. The average molecular weight is 754 g/mol. The number of esters is 1. The molecule has 1 aromatic heterocycles. The van der Waals surface area contributed by atoms with Gasteiger partial charge in [-0.2, -0.15) is 0 Å². The van der Waals surface area contributed by atoms with Crippen LogP contribution in [0.25, 0.3) is 0 Å². The Morgan fingerprint density at radius 2 is 1.76 bits per heavy atom. The molecule has 2 aliphatic carbocycles. The summed E-state index contributed by atoms with van der Waals surface area (Å²) in [7, 11) is 1.62. The van der Waals surface area contributed by atoms with Crippen LogP contribution < -0.4 is 14.4 Å². The summed E-state index contributed by atoms with van der Waals surface area (Å²) in [6.07, 6.45) is 0.817. The number of nitrogens with one attached hydrogen (secondary N) is 1. The highest BCUT2D eigenvalue weighted by Gasteiger charge is 2.69. The number of amides is 2. The Morgan fingerprint density at radius 1 is 1.00 bits per heavy atom. The second-order valence-electron chi connectivity index (χ2n) is 12.7. The number of aromatic nitrogens is 1. The number of hydrogen-bond donors (Lipinski definition) is 1. The number of H-pyrrole nitrogens is 1. The third-order valence-corrected chi connectivity index (χ3v) is 13.8. The third-order valence-electron chi connectivity index (χ3n) is 10.3. The van der Waals surface area contributed by atoms with Crippen LogP contribution in [0.3, 0.4) is 0 Å². The highest BCUT2D eigenvalue weighted by atomic mass is 35.5. The molecular weight excluding hydrogens is 724 g/mol. The first-order valence-corrected chi connectivity index (χ1v) is 18.8. The molecule has 2 aliphatic heterocycles. The van der Waals surface area contributed by atoms with Crippen LogP contribution in [0, 0.1) is 33.5 Å². The zero-order chi connectivity index (χ0) is 34.1. The van der Waals surface area contributed by atoms with E-state index in [4.69, 9.17) is 49.6 Å². The molecule has 3 fully saturated rings. The van der Waals surface area contributed by atoms with Gasteiger partial charge in [0.15, 0.2) is 15.5 Å². The van der Waals surface area contributed by atoms with Gasteiger partial charge in [-0.3, -0.25) is 14.5 Å². The maximum Gasteiger partial charge on any atom is 0.338 e. The first kappa shape index (κ1) is 32.8. The number of benzene rings is 3. The number of ether oxygens (including phenoxy) is 3. The molecule has 252 valence electrons. The lowest BCUT2D eigenvalue weighted by molar-refractivity contribution is -0.123. The first-order chi connectivity index (χ1) is 23.7. The molecule has 8 nitrogen and oxygen atoms in total. The fourth-order valence-electron chi connectivity index (χ4n) is 8.40. The number of hydrogen-bond acceptors (Lipinski definition) is 9. The normalized spacial score (nSPS) is 26.4. The number of imide groups is 1. The molecule has 4 aliphatic rings. The van der Waals surface area contributed by atoms with Crippen molar-refractivity contribution in [2.45, 2.75) is 36.1 Å². The predicted molar refractivity (Wildman–Crippen MR) is 192 cm³/mol. The predicted octanol–water partition coefficient (Wildman–Crippen LogP) is 8.55. The van der Waals surface area contributed by atoms with Crippen LogP contribution in [-0.2, 0) is 20.9 Å². The van der Waals surface area contributed by atoms with E-state index in [1.54, 1.807) is 73.5 Å². The fraction of sp³-hybridized carbons (Fsp3) is 0.333. The minimum absolute atomic E-state index is 0.00976. The number of thioether (sulfide) groups is 1. The van der Waals surface area contributed by atoms with E-state index in [1.165, 1.54) is 4.90 Å². The molecule has 0 radical (unpaired) electrons. The maximum atomic E-state index is 14.2. The fourth-order valence-corrected chi connectivity index (χ4v) is 12.2. The summed E-state index contributed by atoms with van der Waals surface area (Å²) in [5.41, 5.74) is 2.70. The standard InChI is InChI=1S/C36H30Cl2N2O6S3/c1-3-45-35(43)16-5-9-20(10-6-16)40-33(41)28-21-14-22(29(28)34(40)42)30-27(21)26(31-32(48-30)39-36(47)49-31)17-7-11-24(25(12-17)44-2)46-15-18-4-8-19(37)13-23(18)38/h4-13,21-22,26-30H,3,14-15H2,1-2H3,(H,39,47). The van der Waals surface area contributed by atoms with E-state index in [0.717, 1.165) is 27.5 Å². The summed E-state index contributed by atoms with van der Waals surface area (Å²) < 4.78 is 17.8. The lowest BCUT2D eigenvalue weighted by atomic mass is 9.68. The van der Waals surface area contributed by atoms with Crippen molar-refractivity contribution in [1.29, 1.82) is 0 Å². The molecule has 1 N–H and O–H groups in total. The molecule has 2 saturated carbocycles. The number of fused-ring (bicyclic) bond motifs is 9. The smallest absolute Gasteiger partial charge is 0.338 e. The van der Waals surface area contributed by atoms with Crippen LogP contribution in [0.5, 0.6) is 11.5 Å². The van der Waals surface area contributed by atoms with Crippen molar-refractivity contribution >= 4 is 82.0 Å². The Balaban J connectivity index is 1.11. The van der Waals surface area contributed by atoms with Crippen LogP contribution >= 0.6 is 58.5 Å². The van der Waals surface area contributed by atoms with Crippen LogP contribution in [-0.4, -0.2) is 41.7 Å². The van der Waals surface area contributed by atoms with Gasteiger partial charge in [-0.1, -0.05) is 35.3 Å². The van der Waals surface area contributed by atoms with Gasteiger partial charge in [-0.25, -0.2) is 4.79 Å². The molecule has 49 heavy (non-hydrogen) atoms. The average Bonchev–Trinajstić information content (AvgIpc) is 3.83. The van der Waals surface area contributed by atoms with Crippen molar-refractivity contribution in [1.82, 2.24) is 4.98 Å². The van der Waals surface area contributed by atoms with Gasteiger partial charge >= 0.3 is 5.97 Å². The summed E-state index contributed by atoms with van der Waals surface area (Å²) >= 11 is 21.4. The highest BCUT2D eigenvalue weighted by Crippen LogP contribution is 2.69. The van der Waals surface area contributed by atoms with E-state index in [1.807, 2.05) is 18.2 Å². The Morgan fingerprint density at radius 3 is 2.47 bits per heavy atom. The number of aromatic amines is 1. The number of rotatable bonds is 8. The summed E-state index contributed by atoms with van der Waals surface area (Å²) in [5.74, 6) is -0.284. The molecule has 1 saturated heterocycles. The van der Waals surface area contributed by atoms with E-state index in [2.05, 4.69) is 11.1 Å². The summed E-state index contributed by atoms with van der Waals surface area (Å²) in [4.78, 5) is 46.3. The van der Waals surface area contributed by atoms with E-state index >= 15 is 0 Å². The van der Waals surface area contributed by atoms with Gasteiger partial charge in [0.2, 0.25) is 11.8 Å². The second kappa shape index (κ2) is 12.8. The Kier molecular flexibility index (Phi) is 8.55. The SMILES string of the molecule is CCOC(=O)c1ccc(N2C(=O)C3C4CC(C3C2=O)C2C(c3ccc(OCc5ccc(Cl)cc5Cl)c(OC)c3)c3sc(=S)[nH]c3SC42)cc1. The van der Waals surface area contributed by atoms with E-state index in [9.17, 15) is 14.4 Å². The Labute approximate surface area is 306 Å². The van der Waals surface area contributed by atoms with Crippen molar-refractivity contribution in [2.24, 2.45) is 29.6 Å². The zero-order valence-electron chi connectivity index (χ0n) is 26.3. The van der Waals surface area contributed by atoms with Crippen LogP contribution in [0.1, 0.15) is 45.6 Å². The lowest BCUT2D eigenvalue weighted by Gasteiger charge is -2.43. The van der Waals surface area contributed by atoms with E-state index in [0.29, 0.717) is 36.7 Å². The Bertz CT molecular complexity index is 2070. The summed E-state index contributed by atoms with van der Waals surface area (Å²) in [5, 5.41) is 2.24. The minimum atomic E-state index is -0.441. The van der Waals surface area contributed by atoms with Crippen molar-refractivity contribution in [3.63, 3.8) is 0 Å². The number of methoxy groups -OCH3 is 1. The molecule has 3 aromatic carbocycles. The monoisotopic (exact) mass is 752 g/mol. The van der Waals surface area contributed by atoms with Crippen molar-refractivity contribution < 1.29 is 28.6 Å². The molecule has 13 heteroatoms. The first-order valence-electron chi connectivity index (χ1n) is 16.0. The van der Waals surface area contributed by atoms with E-state index in [-0.39, 0.29) is 59.9 Å². The van der Waals surface area contributed by atoms with Gasteiger partial charge in [0, 0.05) is 31.7 Å². The molecular formula is C36H30Cl2N2O6S3. The van der Waals surface area contributed by atoms with Gasteiger partial charge < -0.3 is 19.2 Å². The molecule has 7 atom stereocenters. The third kappa shape index (κ3) is 5.40. The number of halogens is 2. The van der Waals surface area contributed by atoms with Gasteiger partial charge in [0.25, 0.3) is 0 Å². The highest BCUT2D eigenvalue weighted by molar-refractivity contribution is 8.00. The maximum absolute atomic E-state index is 14.2.